The molecule has 0 atom stereocenters. The molecule has 1 aliphatic carbocycles. The van der Waals surface area contributed by atoms with E-state index in [1.165, 1.54) is 6.42 Å². The molecular weight excluding hydrogens is 268 g/mol. The molecule has 2 heterocycles. The molecule has 1 amide bonds. The molecule has 0 saturated heterocycles. The van der Waals surface area contributed by atoms with Crippen LogP contribution in [-0.2, 0) is 6.42 Å². The van der Waals surface area contributed by atoms with E-state index in [4.69, 9.17) is 0 Å². The van der Waals surface area contributed by atoms with E-state index >= 15 is 0 Å². The number of nitrogens with zero attached hydrogens (tertiary/aromatic N) is 2. The molecule has 1 aromatic rings. The number of nitrogens with one attached hydrogen (secondary N) is 2. The van der Waals surface area contributed by atoms with Crippen LogP contribution in [0.1, 0.15) is 54.0 Å². The van der Waals surface area contributed by atoms with Crippen LogP contribution in [0.3, 0.4) is 0 Å². The van der Waals surface area contributed by atoms with Crippen LogP contribution < -0.4 is 10.6 Å². The Morgan fingerprint density at radius 1 is 1.29 bits per heavy atom. The third kappa shape index (κ3) is 3.00. The van der Waals surface area contributed by atoms with Gasteiger partial charge >= 0.3 is 0 Å². The van der Waals surface area contributed by atoms with Crippen LogP contribution >= 0.6 is 0 Å². The Morgan fingerprint density at radius 3 is 2.81 bits per heavy atom. The van der Waals surface area contributed by atoms with Crippen LogP contribution in [0.5, 0.6) is 0 Å². The Morgan fingerprint density at radius 2 is 2.05 bits per heavy atom. The minimum Gasteiger partial charge on any atom is -0.388 e. The zero-order chi connectivity index (χ0) is 14.9. The highest BCUT2D eigenvalue weighted by atomic mass is 16.3. The fourth-order valence-corrected chi connectivity index (χ4v) is 3.19. The summed E-state index contributed by atoms with van der Waals surface area (Å²) in [4.78, 5) is 20.5. The third-order valence-electron chi connectivity index (χ3n) is 4.36. The molecule has 3 rings (SSSR count). The van der Waals surface area contributed by atoms with Gasteiger partial charge in [0.2, 0.25) is 0 Å². The zero-order valence-electron chi connectivity index (χ0n) is 12.4. The molecule has 0 aromatic carbocycles. The van der Waals surface area contributed by atoms with Gasteiger partial charge in [0.25, 0.3) is 5.91 Å². The molecule has 21 heavy (non-hydrogen) atoms. The van der Waals surface area contributed by atoms with Gasteiger partial charge in [0.1, 0.15) is 17.3 Å². The van der Waals surface area contributed by atoms with Gasteiger partial charge in [-0.25, -0.2) is 9.97 Å². The smallest absolute Gasteiger partial charge is 0.270 e. The largest absolute Gasteiger partial charge is 0.388 e. The maximum Gasteiger partial charge on any atom is 0.270 e. The van der Waals surface area contributed by atoms with Crippen molar-refractivity contribution in [2.45, 2.75) is 51.0 Å². The van der Waals surface area contributed by atoms with E-state index in [1.807, 2.05) is 0 Å². The van der Waals surface area contributed by atoms with E-state index in [1.54, 1.807) is 6.92 Å². The number of carbonyl (C=O) groups is 1. The number of hydrogen-bond donors (Lipinski definition) is 3. The van der Waals surface area contributed by atoms with E-state index < -0.39 is 5.60 Å². The van der Waals surface area contributed by atoms with Crippen molar-refractivity contribution >= 4 is 11.7 Å². The van der Waals surface area contributed by atoms with Gasteiger partial charge in [0.05, 0.1) is 5.60 Å². The van der Waals surface area contributed by atoms with E-state index in [0.717, 1.165) is 37.7 Å². The minimum absolute atomic E-state index is 0.138. The van der Waals surface area contributed by atoms with Gasteiger partial charge in [-0.3, -0.25) is 4.79 Å². The van der Waals surface area contributed by atoms with Crippen molar-refractivity contribution in [1.29, 1.82) is 0 Å². The zero-order valence-corrected chi connectivity index (χ0v) is 12.4. The second kappa shape index (κ2) is 5.60. The van der Waals surface area contributed by atoms with Gasteiger partial charge in [0, 0.05) is 18.7 Å². The van der Waals surface area contributed by atoms with E-state index in [0.29, 0.717) is 30.4 Å². The summed E-state index contributed by atoms with van der Waals surface area (Å²) in [6.45, 7) is 2.87. The molecule has 1 aromatic heterocycles. The van der Waals surface area contributed by atoms with Crippen molar-refractivity contribution in [3.63, 3.8) is 0 Å². The standard InChI is InChI=1S/C15H22N4O2/c1-10-18-12-11(5-8-16-14(12)20)13(19-10)17-9-15(21)6-3-2-4-7-15/h21H,2-9H2,1H3,(H,16,20)(H,17,18,19). The summed E-state index contributed by atoms with van der Waals surface area (Å²) in [6.07, 6.45) is 5.72. The first-order valence-electron chi connectivity index (χ1n) is 7.69. The highest BCUT2D eigenvalue weighted by Crippen LogP contribution is 2.29. The Balaban J connectivity index is 1.80. The van der Waals surface area contributed by atoms with Crippen molar-refractivity contribution < 1.29 is 9.90 Å². The Hall–Kier alpha value is -1.69. The van der Waals surface area contributed by atoms with E-state index in [9.17, 15) is 9.90 Å². The van der Waals surface area contributed by atoms with Gasteiger partial charge in [-0.15, -0.1) is 0 Å². The van der Waals surface area contributed by atoms with Gasteiger partial charge in [-0.2, -0.15) is 0 Å². The predicted molar refractivity (Wildman–Crippen MR) is 79.3 cm³/mol. The van der Waals surface area contributed by atoms with Gasteiger partial charge in [-0.05, 0) is 26.2 Å². The summed E-state index contributed by atoms with van der Waals surface area (Å²) in [7, 11) is 0. The van der Waals surface area contributed by atoms with Crippen LogP contribution in [-0.4, -0.2) is 39.7 Å². The lowest BCUT2D eigenvalue weighted by Crippen LogP contribution is -2.40. The first-order chi connectivity index (χ1) is 10.1. The van der Waals surface area contributed by atoms with Crippen molar-refractivity contribution in [1.82, 2.24) is 15.3 Å². The average Bonchev–Trinajstić information content (AvgIpc) is 2.47. The molecule has 6 nitrogen and oxygen atoms in total. The Labute approximate surface area is 124 Å². The van der Waals surface area contributed by atoms with E-state index in [2.05, 4.69) is 20.6 Å². The van der Waals surface area contributed by atoms with Gasteiger partial charge in [-0.1, -0.05) is 19.3 Å². The molecule has 0 radical (unpaired) electrons. The molecule has 0 unspecified atom stereocenters. The summed E-state index contributed by atoms with van der Waals surface area (Å²) < 4.78 is 0. The molecule has 1 aliphatic heterocycles. The van der Waals surface area contributed by atoms with Crippen molar-refractivity contribution in [2.75, 3.05) is 18.4 Å². The summed E-state index contributed by atoms with van der Waals surface area (Å²) in [5.74, 6) is 1.14. The maximum absolute atomic E-state index is 11.9. The number of hydrogen-bond acceptors (Lipinski definition) is 5. The van der Waals surface area contributed by atoms with Crippen molar-refractivity contribution in [3.8, 4) is 0 Å². The van der Waals surface area contributed by atoms with Crippen LogP contribution in [0.4, 0.5) is 5.82 Å². The fraction of sp³-hybridized carbons (Fsp3) is 0.667. The highest BCUT2D eigenvalue weighted by molar-refractivity contribution is 5.95. The summed E-state index contributed by atoms with van der Waals surface area (Å²) >= 11 is 0. The number of aromatic nitrogens is 2. The molecule has 1 fully saturated rings. The number of amides is 1. The predicted octanol–water partition coefficient (Wildman–Crippen LogP) is 1.18. The lowest BCUT2D eigenvalue weighted by atomic mass is 9.85. The Bertz CT molecular complexity index is 553. The molecule has 6 heteroatoms. The SMILES string of the molecule is Cc1nc(NCC2(O)CCCCC2)c2c(n1)C(=O)NCC2. The highest BCUT2D eigenvalue weighted by Gasteiger charge is 2.30. The molecule has 0 spiro atoms. The molecule has 2 aliphatic rings. The topological polar surface area (TPSA) is 87.1 Å². The van der Waals surface area contributed by atoms with Gasteiger partial charge < -0.3 is 15.7 Å². The average molecular weight is 290 g/mol. The maximum atomic E-state index is 11.9. The first-order valence-corrected chi connectivity index (χ1v) is 7.69. The molecule has 114 valence electrons. The number of anilines is 1. The summed E-state index contributed by atoms with van der Waals surface area (Å²) in [5.41, 5.74) is 0.677. The number of fused-ring (bicyclic) bond motifs is 1. The lowest BCUT2D eigenvalue weighted by molar-refractivity contribution is 0.0166. The quantitative estimate of drug-likeness (QED) is 0.778. The second-order valence-corrected chi connectivity index (χ2v) is 6.09. The second-order valence-electron chi connectivity index (χ2n) is 6.09. The molecule has 3 N–H and O–H groups in total. The first kappa shape index (κ1) is 14.3. The van der Waals surface area contributed by atoms with Crippen molar-refractivity contribution in [3.05, 3.63) is 17.1 Å². The summed E-state index contributed by atoms with van der Waals surface area (Å²) in [5, 5.41) is 16.6. The minimum atomic E-state index is -0.652. The number of rotatable bonds is 3. The molecular formula is C15H22N4O2. The summed E-state index contributed by atoms with van der Waals surface area (Å²) in [6, 6.07) is 0. The fourth-order valence-electron chi connectivity index (χ4n) is 3.19. The number of carbonyl (C=O) groups excluding carboxylic acids is 1. The number of aliphatic hydroxyl groups is 1. The van der Waals surface area contributed by atoms with Crippen LogP contribution in [0.15, 0.2) is 0 Å². The normalized spacial score (nSPS) is 20.6. The van der Waals surface area contributed by atoms with Crippen LogP contribution in [0.25, 0.3) is 0 Å². The van der Waals surface area contributed by atoms with Crippen LogP contribution in [0, 0.1) is 6.92 Å². The van der Waals surface area contributed by atoms with Crippen LogP contribution in [0.2, 0.25) is 0 Å². The Kier molecular flexibility index (Phi) is 3.80. The third-order valence-corrected chi connectivity index (χ3v) is 4.36. The lowest BCUT2D eigenvalue weighted by Gasteiger charge is -2.32. The monoisotopic (exact) mass is 290 g/mol. The molecule has 1 saturated carbocycles. The van der Waals surface area contributed by atoms with E-state index in [-0.39, 0.29) is 5.91 Å². The number of aryl methyl sites for hydroxylation is 1. The van der Waals surface area contributed by atoms with Crippen molar-refractivity contribution in [2.24, 2.45) is 0 Å². The molecule has 0 bridgehead atoms. The van der Waals surface area contributed by atoms with Gasteiger partial charge in [0.15, 0.2) is 0 Å².